The minimum Gasteiger partial charge on any atom is -0.383 e. The van der Waals surface area contributed by atoms with E-state index in [2.05, 4.69) is 64.4 Å². The van der Waals surface area contributed by atoms with Crippen molar-refractivity contribution in [1.29, 1.82) is 0 Å². The summed E-state index contributed by atoms with van der Waals surface area (Å²) in [7, 11) is 1.67. The second-order valence-electron chi connectivity index (χ2n) is 9.50. The lowest BCUT2D eigenvalue weighted by Gasteiger charge is -2.33. The molecule has 0 spiro atoms. The number of hydrogen-bond acceptors (Lipinski definition) is 6. The summed E-state index contributed by atoms with van der Waals surface area (Å²) >= 11 is 0. The molecule has 0 unspecified atom stereocenters. The molecule has 8 nitrogen and oxygen atoms in total. The van der Waals surface area contributed by atoms with E-state index in [0.717, 1.165) is 39.0 Å². The van der Waals surface area contributed by atoms with E-state index >= 15 is 0 Å². The number of aromatic nitrogens is 5. The van der Waals surface area contributed by atoms with Crippen molar-refractivity contribution in [2.75, 3.05) is 13.7 Å². The van der Waals surface area contributed by atoms with E-state index in [1.165, 1.54) is 0 Å². The number of ether oxygens (including phenoxy) is 1. The van der Waals surface area contributed by atoms with Crippen LogP contribution >= 0.6 is 0 Å². The SMILES string of the molecule is COCCn1nnnc1[C@H](C(C)C)N(Cc1ccccc1)Cc1cc2c(C)cc(C)cc2[nH]c1=O. The van der Waals surface area contributed by atoms with E-state index in [9.17, 15) is 4.79 Å². The van der Waals surface area contributed by atoms with E-state index in [-0.39, 0.29) is 17.5 Å². The van der Waals surface area contributed by atoms with Gasteiger partial charge in [0.25, 0.3) is 5.56 Å². The van der Waals surface area contributed by atoms with Crippen molar-refractivity contribution < 1.29 is 4.74 Å². The first kappa shape index (κ1) is 24.8. The number of nitrogens with zero attached hydrogens (tertiary/aromatic N) is 5. The summed E-state index contributed by atoms with van der Waals surface area (Å²) in [6, 6.07) is 16.4. The molecule has 4 rings (SSSR count). The lowest BCUT2D eigenvalue weighted by molar-refractivity contribution is 0.121. The van der Waals surface area contributed by atoms with Gasteiger partial charge in [0.1, 0.15) is 0 Å². The summed E-state index contributed by atoms with van der Waals surface area (Å²) in [6.45, 7) is 10.7. The van der Waals surface area contributed by atoms with Crippen molar-refractivity contribution in [3.05, 3.63) is 87.0 Å². The second-order valence-corrected chi connectivity index (χ2v) is 9.50. The van der Waals surface area contributed by atoms with Crippen molar-refractivity contribution in [3.8, 4) is 0 Å². The number of nitrogens with one attached hydrogen (secondary N) is 1. The Morgan fingerprint density at radius 2 is 1.86 bits per heavy atom. The number of H-pyrrole nitrogens is 1. The molecule has 0 saturated heterocycles. The van der Waals surface area contributed by atoms with Gasteiger partial charge in [-0.2, -0.15) is 0 Å². The maximum absolute atomic E-state index is 13.2. The topological polar surface area (TPSA) is 88.9 Å². The van der Waals surface area contributed by atoms with Crippen LogP contribution in [0.2, 0.25) is 0 Å². The van der Waals surface area contributed by atoms with Crippen molar-refractivity contribution in [3.63, 3.8) is 0 Å². The Balaban J connectivity index is 1.77. The number of hydrogen-bond donors (Lipinski definition) is 1. The van der Waals surface area contributed by atoms with Crippen LogP contribution in [0, 0.1) is 19.8 Å². The molecule has 0 fully saturated rings. The highest BCUT2D eigenvalue weighted by Gasteiger charge is 2.30. The molecule has 2 aromatic heterocycles. The van der Waals surface area contributed by atoms with E-state index in [1.807, 2.05) is 41.9 Å². The summed E-state index contributed by atoms with van der Waals surface area (Å²) < 4.78 is 7.07. The molecule has 0 bridgehead atoms. The van der Waals surface area contributed by atoms with E-state index in [0.29, 0.717) is 26.2 Å². The number of aromatic amines is 1. The van der Waals surface area contributed by atoms with Gasteiger partial charge in [0.2, 0.25) is 0 Å². The van der Waals surface area contributed by atoms with Crippen LogP contribution in [-0.4, -0.2) is 43.8 Å². The van der Waals surface area contributed by atoms with Crippen LogP contribution in [0.15, 0.2) is 53.3 Å². The maximum Gasteiger partial charge on any atom is 0.252 e. The predicted octanol–water partition coefficient (Wildman–Crippen LogP) is 4.18. The summed E-state index contributed by atoms with van der Waals surface area (Å²) in [5, 5.41) is 13.7. The number of methoxy groups -OCH3 is 1. The molecule has 1 atom stereocenters. The molecular weight excluding hydrogens is 440 g/mol. The Morgan fingerprint density at radius 3 is 2.57 bits per heavy atom. The van der Waals surface area contributed by atoms with Gasteiger partial charge in [0.05, 0.1) is 19.2 Å². The zero-order chi connectivity index (χ0) is 24.9. The van der Waals surface area contributed by atoms with Gasteiger partial charge in [0, 0.05) is 36.7 Å². The molecule has 2 aromatic carbocycles. The van der Waals surface area contributed by atoms with Crippen LogP contribution in [0.4, 0.5) is 0 Å². The second kappa shape index (κ2) is 10.9. The molecule has 0 saturated carbocycles. The smallest absolute Gasteiger partial charge is 0.252 e. The lowest BCUT2D eigenvalue weighted by atomic mass is 9.99. The van der Waals surface area contributed by atoms with Crippen molar-refractivity contribution >= 4 is 10.9 Å². The fraction of sp³-hybridized carbons (Fsp3) is 0.407. The van der Waals surface area contributed by atoms with Gasteiger partial charge < -0.3 is 9.72 Å². The summed E-state index contributed by atoms with van der Waals surface area (Å²) in [4.78, 5) is 18.6. The van der Waals surface area contributed by atoms with E-state index < -0.39 is 0 Å². The molecular formula is C27H34N6O2. The van der Waals surface area contributed by atoms with Crippen LogP contribution in [0.1, 0.15) is 48.0 Å². The summed E-state index contributed by atoms with van der Waals surface area (Å²) in [6.07, 6.45) is 0. The van der Waals surface area contributed by atoms with Crippen molar-refractivity contribution in [2.24, 2.45) is 5.92 Å². The maximum atomic E-state index is 13.2. The summed E-state index contributed by atoms with van der Waals surface area (Å²) in [5.74, 6) is 0.979. The third kappa shape index (κ3) is 5.66. The lowest BCUT2D eigenvalue weighted by Crippen LogP contribution is -2.35. The van der Waals surface area contributed by atoms with Gasteiger partial charge in [-0.3, -0.25) is 9.69 Å². The van der Waals surface area contributed by atoms with Gasteiger partial charge in [-0.05, 0) is 59.0 Å². The Kier molecular flexibility index (Phi) is 7.73. The average Bonchev–Trinajstić information content (AvgIpc) is 3.27. The molecule has 2 heterocycles. The minimum atomic E-state index is -0.101. The fourth-order valence-electron chi connectivity index (χ4n) is 4.77. The van der Waals surface area contributed by atoms with Crippen molar-refractivity contribution in [1.82, 2.24) is 30.1 Å². The molecule has 4 aromatic rings. The molecule has 0 aliphatic rings. The molecule has 35 heavy (non-hydrogen) atoms. The predicted molar refractivity (Wildman–Crippen MR) is 137 cm³/mol. The molecule has 184 valence electrons. The van der Waals surface area contributed by atoms with Crippen molar-refractivity contribution in [2.45, 2.75) is 53.4 Å². The number of rotatable bonds is 10. The van der Waals surface area contributed by atoms with Gasteiger partial charge in [-0.25, -0.2) is 4.68 Å². The zero-order valence-corrected chi connectivity index (χ0v) is 21.2. The number of tetrazole rings is 1. The van der Waals surface area contributed by atoms with E-state index in [1.54, 1.807) is 7.11 Å². The fourth-order valence-corrected chi connectivity index (χ4v) is 4.77. The molecule has 0 amide bonds. The first-order valence-corrected chi connectivity index (χ1v) is 12.0. The molecule has 0 aliphatic heterocycles. The molecule has 0 radical (unpaired) electrons. The van der Waals surface area contributed by atoms with Gasteiger partial charge in [0.15, 0.2) is 5.82 Å². The Morgan fingerprint density at radius 1 is 1.09 bits per heavy atom. The number of pyridine rings is 1. The standard InChI is InChI=1S/C27H34N6O2/c1-18(2)25(26-29-30-31-33(26)11-12-35-5)32(16-21-9-7-6-8-10-21)17-22-15-23-20(4)13-19(3)14-24(23)28-27(22)34/h6-10,13-15,18,25H,11-12,16-17H2,1-5H3,(H,28,34)/t25-/m0/s1. The molecule has 8 heteroatoms. The third-order valence-corrected chi connectivity index (χ3v) is 6.35. The highest BCUT2D eigenvalue weighted by atomic mass is 16.5. The number of aryl methyl sites for hydroxylation is 2. The zero-order valence-electron chi connectivity index (χ0n) is 21.2. The van der Waals surface area contributed by atoms with Gasteiger partial charge >= 0.3 is 0 Å². The Bertz CT molecular complexity index is 1330. The number of fused-ring (bicyclic) bond motifs is 1. The van der Waals surface area contributed by atoms with Crippen LogP contribution in [0.5, 0.6) is 0 Å². The Labute approximate surface area is 205 Å². The normalized spacial score (nSPS) is 12.7. The molecule has 0 aliphatic carbocycles. The summed E-state index contributed by atoms with van der Waals surface area (Å²) in [5.41, 5.74) is 4.97. The quantitative estimate of drug-likeness (QED) is 0.371. The highest BCUT2D eigenvalue weighted by molar-refractivity contribution is 5.83. The van der Waals surface area contributed by atoms with Gasteiger partial charge in [-0.15, -0.1) is 5.10 Å². The van der Waals surface area contributed by atoms with Crippen LogP contribution in [0.3, 0.4) is 0 Å². The first-order chi connectivity index (χ1) is 16.9. The van der Waals surface area contributed by atoms with Crippen LogP contribution < -0.4 is 5.56 Å². The highest BCUT2D eigenvalue weighted by Crippen LogP contribution is 2.30. The van der Waals surface area contributed by atoms with Crippen LogP contribution in [-0.2, 0) is 24.4 Å². The number of benzene rings is 2. The van der Waals surface area contributed by atoms with Gasteiger partial charge in [-0.1, -0.05) is 50.2 Å². The third-order valence-electron chi connectivity index (χ3n) is 6.35. The first-order valence-electron chi connectivity index (χ1n) is 12.0. The largest absolute Gasteiger partial charge is 0.383 e. The van der Waals surface area contributed by atoms with Crippen LogP contribution in [0.25, 0.3) is 10.9 Å². The van der Waals surface area contributed by atoms with E-state index in [4.69, 9.17) is 4.74 Å². The Hall–Kier alpha value is -3.36. The molecule has 1 N–H and O–H groups in total. The monoisotopic (exact) mass is 474 g/mol. The minimum absolute atomic E-state index is 0.0676. The average molecular weight is 475 g/mol.